The van der Waals surface area contributed by atoms with Crippen LogP contribution < -0.4 is 25.4 Å². The van der Waals surface area contributed by atoms with Crippen molar-refractivity contribution in [3.05, 3.63) is 82.9 Å². The second kappa shape index (κ2) is 12.4. The molecular formula is C26H26ClN3O5. The highest BCUT2D eigenvalue weighted by Gasteiger charge is 2.13. The number of anilines is 2. The molecule has 0 saturated heterocycles. The third-order valence-corrected chi connectivity index (χ3v) is 5.16. The van der Waals surface area contributed by atoms with E-state index in [1.807, 2.05) is 6.92 Å². The highest BCUT2D eigenvalue weighted by molar-refractivity contribution is 6.34. The lowest BCUT2D eigenvalue weighted by molar-refractivity contribution is -0.118. The van der Waals surface area contributed by atoms with Gasteiger partial charge in [0, 0.05) is 29.5 Å². The number of ether oxygens (including phenoxy) is 2. The molecule has 0 atom stereocenters. The van der Waals surface area contributed by atoms with E-state index in [0.717, 1.165) is 6.42 Å². The van der Waals surface area contributed by atoms with Gasteiger partial charge in [0.2, 0.25) is 0 Å². The van der Waals surface area contributed by atoms with E-state index in [1.54, 1.807) is 67.8 Å². The van der Waals surface area contributed by atoms with Gasteiger partial charge in [-0.3, -0.25) is 14.4 Å². The first-order valence-electron chi connectivity index (χ1n) is 11.0. The lowest BCUT2D eigenvalue weighted by Crippen LogP contribution is -2.24. The third-order valence-electron chi connectivity index (χ3n) is 4.85. The number of hydrogen-bond acceptors (Lipinski definition) is 5. The standard InChI is InChI=1S/C26H26ClN3O5/c1-3-13-28-26(33)22-12-9-19(15-23(22)27)30-25(32)17-7-10-20(11-8-17)35-16-24(31)29-18-5-4-6-21(14-18)34-2/h4-12,14-15H,3,13,16H2,1-2H3,(H,28,33)(H,29,31)(H,30,32). The van der Waals surface area contributed by atoms with Crippen LogP contribution in [0.3, 0.4) is 0 Å². The van der Waals surface area contributed by atoms with Crippen molar-refractivity contribution in [2.45, 2.75) is 13.3 Å². The molecule has 8 nitrogen and oxygen atoms in total. The van der Waals surface area contributed by atoms with Gasteiger partial charge in [-0.2, -0.15) is 0 Å². The topological polar surface area (TPSA) is 106 Å². The summed E-state index contributed by atoms with van der Waals surface area (Å²) >= 11 is 6.21. The van der Waals surface area contributed by atoms with E-state index in [4.69, 9.17) is 21.1 Å². The van der Waals surface area contributed by atoms with Crippen LogP contribution in [-0.2, 0) is 4.79 Å². The molecule has 35 heavy (non-hydrogen) atoms. The van der Waals surface area contributed by atoms with Gasteiger partial charge >= 0.3 is 0 Å². The van der Waals surface area contributed by atoms with Gasteiger partial charge in [0.15, 0.2) is 6.61 Å². The SMILES string of the molecule is CCCNC(=O)c1ccc(NC(=O)c2ccc(OCC(=O)Nc3cccc(OC)c3)cc2)cc1Cl. The maximum atomic E-state index is 12.6. The number of hydrogen-bond donors (Lipinski definition) is 3. The van der Waals surface area contributed by atoms with E-state index < -0.39 is 0 Å². The molecule has 0 unspecified atom stereocenters. The summed E-state index contributed by atoms with van der Waals surface area (Å²) in [4.78, 5) is 36.8. The molecule has 0 aliphatic heterocycles. The number of nitrogens with one attached hydrogen (secondary N) is 3. The molecule has 0 bridgehead atoms. The fourth-order valence-corrected chi connectivity index (χ4v) is 3.33. The van der Waals surface area contributed by atoms with Crippen LogP contribution in [0.5, 0.6) is 11.5 Å². The maximum Gasteiger partial charge on any atom is 0.262 e. The van der Waals surface area contributed by atoms with Crippen molar-refractivity contribution >= 4 is 40.7 Å². The van der Waals surface area contributed by atoms with Crippen LogP contribution in [-0.4, -0.2) is 38.0 Å². The van der Waals surface area contributed by atoms with Gasteiger partial charge in [-0.1, -0.05) is 24.6 Å². The minimum absolute atomic E-state index is 0.195. The maximum absolute atomic E-state index is 12.6. The summed E-state index contributed by atoms with van der Waals surface area (Å²) in [5.74, 6) is 0.124. The molecule has 0 aliphatic carbocycles. The van der Waals surface area contributed by atoms with Crippen LogP contribution in [0.1, 0.15) is 34.1 Å². The summed E-state index contributed by atoms with van der Waals surface area (Å²) in [7, 11) is 1.55. The van der Waals surface area contributed by atoms with Gasteiger partial charge in [0.05, 0.1) is 17.7 Å². The zero-order valence-electron chi connectivity index (χ0n) is 19.4. The molecule has 0 heterocycles. The molecule has 0 spiro atoms. The van der Waals surface area contributed by atoms with Gasteiger partial charge < -0.3 is 25.4 Å². The molecular weight excluding hydrogens is 470 g/mol. The third kappa shape index (κ3) is 7.48. The molecule has 0 radical (unpaired) electrons. The second-order valence-corrected chi connectivity index (χ2v) is 7.91. The van der Waals surface area contributed by atoms with E-state index in [-0.39, 0.29) is 29.4 Å². The number of halogens is 1. The van der Waals surface area contributed by atoms with Crippen LogP contribution in [0.4, 0.5) is 11.4 Å². The minimum atomic E-state index is -0.355. The fourth-order valence-electron chi connectivity index (χ4n) is 3.06. The molecule has 3 aromatic carbocycles. The van der Waals surface area contributed by atoms with Crippen LogP contribution in [0.15, 0.2) is 66.7 Å². The zero-order valence-corrected chi connectivity index (χ0v) is 20.1. The Morgan fingerprint density at radius 3 is 2.29 bits per heavy atom. The summed E-state index contributed by atoms with van der Waals surface area (Å²) < 4.78 is 10.6. The van der Waals surface area contributed by atoms with E-state index in [2.05, 4.69) is 16.0 Å². The average molecular weight is 496 g/mol. The van der Waals surface area contributed by atoms with E-state index in [9.17, 15) is 14.4 Å². The van der Waals surface area contributed by atoms with Crippen LogP contribution in [0.2, 0.25) is 5.02 Å². The summed E-state index contributed by atoms with van der Waals surface area (Å²) in [5.41, 5.74) is 1.79. The van der Waals surface area contributed by atoms with Crippen molar-refractivity contribution in [2.24, 2.45) is 0 Å². The molecule has 182 valence electrons. The number of methoxy groups -OCH3 is 1. The summed E-state index contributed by atoms with van der Waals surface area (Å²) in [5, 5.41) is 8.47. The molecule has 3 aromatic rings. The molecule has 3 rings (SSSR count). The van der Waals surface area contributed by atoms with Gasteiger partial charge in [0.1, 0.15) is 11.5 Å². The first-order chi connectivity index (χ1) is 16.9. The summed E-state index contributed by atoms with van der Waals surface area (Å²) in [6, 6.07) is 18.1. The Balaban J connectivity index is 1.52. The van der Waals surface area contributed by atoms with Crippen molar-refractivity contribution in [3.63, 3.8) is 0 Å². The average Bonchev–Trinajstić information content (AvgIpc) is 2.86. The Labute approximate surface area is 208 Å². The van der Waals surface area contributed by atoms with Crippen molar-refractivity contribution in [1.29, 1.82) is 0 Å². The fraction of sp³-hybridized carbons (Fsp3) is 0.192. The Morgan fingerprint density at radius 2 is 1.60 bits per heavy atom. The van der Waals surface area contributed by atoms with E-state index in [0.29, 0.717) is 40.5 Å². The zero-order chi connectivity index (χ0) is 25.2. The molecule has 0 fully saturated rings. The Kier molecular flexibility index (Phi) is 9.09. The molecule has 3 amide bonds. The molecule has 0 aromatic heterocycles. The first-order valence-corrected chi connectivity index (χ1v) is 11.3. The highest BCUT2D eigenvalue weighted by Crippen LogP contribution is 2.22. The summed E-state index contributed by atoms with van der Waals surface area (Å²) in [6.45, 7) is 2.32. The predicted molar refractivity (Wildman–Crippen MR) is 136 cm³/mol. The second-order valence-electron chi connectivity index (χ2n) is 7.50. The van der Waals surface area contributed by atoms with Crippen molar-refractivity contribution < 1.29 is 23.9 Å². The van der Waals surface area contributed by atoms with Gasteiger partial charge in [-0.25, -0.2) is 0 Å². The number of rotatable bonds is 10. The van der Waals surface area contributed by atoms with E-state index in [1.165, 1.54) is 6.07 Å². The van der Waals surface area contributed by atoms with Crippen molar-refractivity contribution in [2.75, 3.05) is 30.9 Å². The number of carbonyl (C=O) groups excluding carboxylic acids is 3. The van der Waals surface area contributed by atoms with Gasteiger partial charge in [-0.15, -0.1) is 0 Å². The lowest BCUT2D eigenvalue weighted by atomic mass is 10.1. The van der Waals surface area contributed by atoms with Crippen LogP contribution in [0, 0.1) is 0 Å². The Bertz CT molecular complexity index is 1200. The molecule has 0 saturated carbocycles. The Morgan fingerprint density at radius 1 is 0.857 bits per heavy atom. The smallest absolute Gasteiger partial charge is 0.262 e. The van der Waals surface area contributed by atoms with Gasteiger partial charge in [0.25, 0.3) is 17.7 Å². The summed E-state index contributed by atoms with van der Waals surface area (Å²) in [6.07, 6.45) is 0.817. The number of amides is 3. The first kappa shape index (κ1) is 25.6. The number of benzene rings is 3. The predicted octanol–water partition coefficient (Wildman–Crippen LogP) is 4.76. The van der Waals surface area contributed by atoms with Crippen molar-refractivity contribution in [3.8, 4) is 11.5 Å². The largest absolute Gasteiger partial charge is 0.497 e. The molecule has 3 N–H and O–H groups in total. The Hall–Kier alpha value is -4.04. The number of carbonyl (C=O) groups is 3. The monoisotopic (exact) mass is 495 g/mol. The highest BCUT2D eigenvalue weighted by atomic mass is 35.5. The molecule has 9 heteroatoms. The normalized spacial score (nSPS) is 10.3. The van der Waals surface area contributed by atoms with Crippen molar-refractivity contribution in [1.82, 2.24) is 5.32 Å². The minimum Gasteiger partial charge on any atom is -0.497 e. The lowest BCUT2D eigenvalue weighted by Gasteiger charge is -2.10. The van der Waals surface area contributed by atoms with Gasteiger partial charge in [-0.05, 0) is 61.0 Å². The molecule has 0 aliphatic rings. The van der Waals surface area contributed by atoms with E-state index >= 15 is 0 Å². The van der Waals surface area contributed by atoms with Crippen LogP contribution >= 0.6 is 11.6 Å². The van der Waals surface area contributed by atoms with Crippen LogP contribution in [0.25, 0.3) is 0 Å². The quantitative estimate of drug-likeness (QED) is 0.376.